The van der Waals surface area contributed by atoms with E-state index < -0.39 is 17.2 Å². The Morgan fingerprint density at radius 2 is 1.41 bits per heavy atom. The lowest BCUT2D eigenvalue weighted by Crippen LogP contribution is -2.49. The van der Waals surface area contributed by atoms with Gasteiger partial charge >= 0.3 is 6.09 Å². The van der Waals surface area contributed by atoms with Crippen molar-refractivity contribution in [2.24, 2.45) is 0 Å². The van der Waals surface area contributed by atoms with Crippen molar-refractivity contribution in [2.75, 3.05) is 32.8 Å². The van der Waals surface area contributed by atoms with Gasteiger partial charge in [0.25, 0.3) is 11.1 Å². The van der Waals surface area contributed by atoms with Crippen LogP contribution in [0.25, 0.3) is 22.1 Å². The Bertz CT molecular complexity index is 2370. The minimum absolute atomic E-state index is 0.0395. The summed E-state index contributed by atoms with van der Waals surface area (Å²) in [6.45, 7) is 12.8. The van der Waals surface area contributed by atoms with Gasteiger partial charge < -0.3 is 28.5 Å². The second-order valence-electron chi connectivity index (χ2n) is 14.8. The average molecular weight is 774 g/mol. The molecule has 0 aliphatic carbocycles. The van der Waals surface area contributed by atoms with Gasteiger partial charge in [-0.2, -0.15) is 0 Å². The summed E-state index contributed by atoms with van der Waals surface area (Å²) in [5.74, 6) is 0.231. The molecule has 16 heteroatoms. The number of aryl methyl sites for hydroxylation is 2. The van der Waals surface area contributed by atoms with Gasteiger partial charge in [0.2, 0.25) is 0 Å². The van der Waals surface area contributed by atoms with Crippen LogP contribution in [0.3, 0.4) is 0 Å². The van der Waals surface area contributed by atoms with Gasteiger partial charge in [-0.15, -0.1) is 0 Å². The fourth-order valence-corrected chi connectivity index (χ4v) is 6.88. The lowest BCUT2D eigenvalue weighted by molar-refractivity contribution is -0.108. The molecule has 1 fully saturated rings. The van der Waals surface area contributed by atoms with E-state index >= 15 is 0 Å². The standard InChI is InChI=1S/C29H36FN5O5.C11H9FN2O2/c1-19-13-26(36)34(23-14-20(30)16-32-27(19)23)10-9-33-7-5-22(6-8-33)35(28(37)40-29(2,3)4)18-21-15-24-25(17-31-21)39-12-11-38-24;1-7-4-10(16)14(2-3-15)9-5-8(12)6-13-11(7)9/h13-17,22H,5-12,18H2,1-4H3;3-6H,2H2,1H3. The molecule has 7 rings (SSSR count). The third kappa shape index (κ3) is 9.36. The quantitative estimate of drug-likeness (QED) is 0.197. The number of carbonyl (C=O) groups is 2. The maximum Gasteiger partial charge on any atom is 0.410 e. The van der Waals surface area contributed by atoms with E-state index in [1.807, 2.05) is 26.8 Å². The summed E-state index contributed by atoms with van der Waals surface area (Å²) in [4.78, 5) is 64.7. The Morgan fingerprint density at radius 3 is 2.00 bits per heavy atom. The molecule has 5 aromatic rings. The number of aldehydes is 1. The maximum absolute atomic E-state index is 14.0. The normalized spacial score (nSPS) is 14.6. The molecular formula is C40H45F2N7O7. The zero-order valence-electron chi connectivity index (χ0n) is 32.1. The van der Waals surface area contributed by atoms with Crippen LogP contribution >= 0.6 is 0 Å². The molecule has 0 N–H and O–H groups in total. The van der Waals surface area contributed by atoms with Gasteiger partial charge in [-0.3, -0.25) is 34.0 Å². The first-order valence-electron chi connectivity index (χ1n) is 18.4. The van der Waals surface area contributed by atoms with Crippen LogP contribution in [0.1, 0.15) is 50.4 Å². The van der Waals surface area contributed by atoms with Gasteiger partial charge in [0.1, 0.15) is 36.7 Å². The van der Waals surface area contributed by atoms with Crippen LogP contribution in [0, 0.1) is 25.5 Å². The van der Waals surface area contributed by atoms with E-state index in [0.717, 1.165) is 37.7 Å². The Balaban J connectivity index is 0.000000277. The molecule has 0 aromatic carbocycles. The number of rotatable bonds is 8. The summed E-state index contributed by atoms with van der Waals surface area (Å²) in [5.41, 5.74) is 2.97. The predicted molar refractivity (Wildman–Crippen MR) is 204 cm³/mol. The molecule has 2 aliphatic heterocycles. The third-order valence-corrected chi connectivity index (χ3v) is 9.55. The van der Waals surface area contributed by atoms with Crippen molar-refractivity contribution in [1.82, 2.24) is 33.9 Å². The number of amides is 1. The molecule has 1 amide bonds. The summed E-state index contributed by atoms with van der Waals surface area (Å²) >= 11 is 0. The molecule has 1 saturated heterocycles. The van der Waals surface area contributed by atoms with Crippen LogP contribution in [-0.2, 0) is 29.2 Å². The highest BCUT2D eigenvalue weighted by atomic mass is 19.1. The highest BCUT2D eigenvalue weighted by Crippen LogP contribution is 2.31. The average Bonchev–Trinajstić information content (AvgIpc) is 3.15. The number of pyridine rings is 5. The second kappa shape index (κ2) is 16.9. The molecule has 0 unspecified atom stereocenters. The van der Waals surface area contributed by atoms with Crippen LogP contribution in [0.4, 0.5) is 13.6 Å². The van der Waals surface area contributed by atoms with E-state index in [2.05, 4.69) is 19.9 Å². The molecule has 14 nitrogen and oxygen atoms in total. The van der Waals surface area contributed by atoms with E-state index in [-0.39, 0.29) is 29.8 Å². The topological polar surface area (TPSA) is 151 Å². The summed E-state index contributed by atoms with van der Waals surface area (Å²) in [6, 6.07) is 7.29. The first kappa shape index (κ1) is 39.9. The van der Waals surface area contributed by atoms with Crippen molar-refractivity contribution in [3.63, 3.8) is 0 Å². The lowest BCUT2D eigenvalue weighted by Gasteiger charge is -2.39. The van der Waals surface area contributed by atoms with Gasteiger partial charge in [-0.25, -0.2) is 13.6 Å². The van der Waals surface area contributed by atoms with E-state index in [1.54, 1.807) is 35.6 Å². The minimum atomic E-state index is -0.630. The van der Waals surface area contributed by atoms with Crippen LogP contribution in [-0.4, -0.2) is 90.8 Å². The zero-order valence-corrected chi connectivity index (χ0v) is 32.1. The predicted octanol–water partition coefficient (Wildman–Crippen LogP) is 4.95. The molecular weight excluding hydrogens is 728 g/mol. The second-order valence-corrected chi connectivity index (χ2v) is 14.8. The van der Waals surface area contributed by atoms with E-state index in [0.29, 0.717) is 84.0 Å². The van der Waals surface area contributed by atoms with Gasteiger partial charge in [-0.05, 0) is 58.6 Å². The number of piperidine rings is 1. The van der Waals surface area contributed by atoms with E-state index in [4.69, 9.17) is 14.2 Å². The number of aromatic nitrogens is 5. The van der Waals surface area contributed by atoms with Gasteiger partial charge in [0.15, 0.2) is 11.5 Å². The number of carbonyl (C=O) groups excluding carboxylic acids is 2. The van der Waals surface area contributed by atoms with Gasteiger partial charge in [-0.1, -0.05) is 0 Å². The van der Waals surface area contributed by atoms with Crippen molar-refractivity contribution >= 4 is 34.4 Å². The third-order valence-electron chi connectivity index (χ3n) is 9.55. The highest BCUT2D eigenvalue weighted by molar-refractivity contribution is 5.79. The Labute approximate surface area is 321 Å². The summed E-state index contributed by atoms with van der Waals surface area (Å²) < 4.78 is 46.8. The van der Waals surface area contributed by atoms with Crippen molar-refractivity contribution < 1.29 is 32.6 Å². The number of fused-ring (bicyclic) bond motifs is 3. The molecule has 0 saturated carbocycles. The minimum Gasteiger partial charge on any atom is -0.486 e. The lowest BCUT2D eigenvalue weighted by atomic mass is 10.0. The van der Waals surface area contributed by atoms with Crippen LogP contribution in [0.15, 0.2) is 58.5 Å². The van der Waals surface area contributed by atoms with Gasteiger partial charge in [0, 0.05) is 62.6 Å². The van der Waals surface area contributed by atoms with Crippen LogP contribution in [0.5, 0.6) is 11.5 Å². The Morgan fingerprint density at radius 1 is 0.839 bits per heavy atom. The maximum atomic E-state index is 14.0. The van der Waals surface area contributed by atoms with Crippen molar-refractivity contribution in [1.29, 1.82) is 0 Å². The van der Waals surface area contributed by atoms with Crippen molar-refractivity contribution in [3.8, 4) is 11.5 Å². The van der Waals surface area contributed by atoms with E-state index in [1.165, 1.54) is 29.0 Å². The first-order valence-corrected chi connectivity index (χ1v) is 18.4. The molecule has 0 radical (unpaired) electrons. The fourth-order valence-electron chi connectivity index (χ4n) is 6.88. The highest BCUT2D eigenvalue weighted by Gasteiger charge is 2.32. The molecule has 7 heterocycles. The van der Waals surface area contributed by atoms with Crippen LogP contribution in [0.2, 0.25) is 0 Å². The number of ether oxygens (including phenoxy) is 3. The molecule has 0 atom stereocenters. The largest absolute Gasteiger partial charge is 0.486 e. The molecule has 296 valence electrons. The monoisotopic (exact) mass is 773 g/mol. The van der Waals surface area contributed by atoms with Crippen LogP contribution < -0.4 is 20.6 Å². The Hall–Kier alpha value is -5.77. The molecule has 0 bridgehead atoms. The number of likely N-dealkylation sites (tertiary alicyclic amines) is 1. The summed E-state index contributed by atoms with van der Waals surface area (Å²) in [6.07, 6.45) is 5.60. The van der Waals surface area contributed by atoms with Crippen molar-refractivity contribution in [3.05, 3.63) is 98.1 Å². The molecule has 0 spiro atoms. The fraction of sp³-hybridized carbons (Fsp3) is 0.425. The Kier molecular flexibility index (Phi) is 12.1. The number of halogens is 2. The number of nitrogens with zero attached hydrogens (tertiary/aromatic N) is 7. The molecule has 5 aromatic heterocycles. The number of hydrogen-bond acceptors (Lipinski definition) is 11. The summed E-state index contributed by atoms with van der Waals surface area (Å²) in [7, 11) is 0. The molecule has 56 heavy (non-hydrogen) atoms. The zero-order chi connectivity index (χ0) is 40.1. The SMILES string of the molecule is Cc1cc(=O)n(CC=O)c2cc(F)cnc12.Cc1cc(=O)n(CCN2CCC(N(Cc3cc4c(cn3)OCCO4)C(=O)OC(C)(C)C)CC2)c2cc(F)cnc12. The van der Waals surface area contributed by atoms with Crippen molar-refractivity contribution in [2.45, 2.75) is 78.7 Å². The van der Waals surface area contributed by atoms with E-state index in [9.17, 15) is 28.0 Å². The van der Waals surface area contributed by atoms with Gasteiger partial charge in [0.05, 0.1) is 59.4 Å². The first-order chi connectivity index (χ1) is 26.7. The molecule has 2 aliphatic rings. The number of hydrogen-bond donors (Lipinski definition) is 0. The summed E-state index contributed by atoms with van der Waals surface area (Å²) in [5, 5.41) is 0. The smallest absolute Gasteiger partial charge is 0.410 e.